The molecule has 1 aliphatic heterocycles. The van der Waals surface area contributed by atoms with Crippen molar-refractivity contribution >= 4 is 22.7 Å². The molecule has 1 aliphatic carbocycles. The van der Waals surface area contributed by atoms with Gasteiger partial charge in [0.2, 0.25) is 0 Å². The average molecular weight is 594 g/mol. The molecule has 1 atom stereocenters. The SMILES string of the molecule is FCCCN1CC[C@H](Oc2ccc(C3=C(c4ccc(OC(F)(F)F)cc4Cl)CCCc4cc(OF)ccc43)cc2)C1. The molecule has 2 aliphatic rings. The fraction of sp³-hybridized carbons (Fsp3) is 0.355. The molecular weight excluding hydrogens is 565 g/mol. The van der Waals surface area contributed by atoms with Gasteiger partial charge in [0.25, 0.3) is 0 Å². The van der Waals surface area contributed by atoms with Crippen LogP contribution in [-0.2, 0) is 6.42 Å². The van der Waals surface area contributed by atoms with Crippen LogP contribution >= 0.6 is 11.6 Å². The third-order valence-electron chi connectivity index (χ3n) is 7.39. The lowest BCUT2D eigenvalue weighted by Crippen LogP contribution is -2.26. The zero-order valence-electron chi connectivity index (χ0n) is 22.2. The molecule has 0 amide bonds. The van der Waals surface area contributed by atoms with Crippen LogP contribution in [0.5, 0.6) is 17.2 Å². The van der Waals surface area contributed by atoms with Crippen LogP contribution < -0.4 is 14.4 Å². The van der Waals surface area contributed by atoms with Gasteiger partial charge in [0.05, 0.1) is 11.7 Å². The molecule has 0 bridgehead atoms. The Bertz CT molecular complexity index is 1390. The molecule has 1 heterocycles. The lowest BCUT2D eigenvalue weighted by molar-refractivity contribution is -0.274. The van der Waals surface area contributed by atoms with E-state index in [9.17, 15) is 22.1 Å². The zero-order chi connectivity index (χ0) is 29.0. The summed E-state index contributed by atoms with van der Waals surface area (Å²) in [6.07, 6.45) is -1.49. The van der Waals surface area contributed by atoms with Gasteiger partial charge in [-0.2, -0.15) is 0 Å². The predicted octanol–water partition coefficient (Wildman–Crippen LogP) is 8.61. The second kappa shape index (κ2) is 12.7. The van der Waals surface area contributed by atoms with Gasteiger partial charge in [-0.25, -0.2) is 0 Å². The maximum atomic E-state index is 13.0. The van der Waals surface area contributed by atoms with Crippen LogP contribution in [0.4, 0.5) is 22.1 Å². The van der Waals surface area contributed by atoms with Crippen molar-refractivity contribution in [3.05, 3.63) is 87.9 Å². The number of fused-ring (bicyclic) bond motifs is 1. The standard InChI is InChI=1S/C31H29ClF5NO3/c32-29-18-23(40-31(34,35)36)9-12-27(29)28-4-1-3-21-17-24(41-37)10-11-26(21)30(28)20-5-7-22(8-6-20)39-25-13-16-38(19-25)15-2-14-33/h5-12,17-18,25H,1-4,13-16,19H2/t25-/m0/s1. The Labute approximate surface area is 240 Å². The van der Waals surface area contributed by atoms with Crippen LogP contribution in [0.2, 0.25) is 5.02 Å². The fourth-order valence-electron chi connectivity index (χ4n) is 5.62. The van der Waals surface area contributed by atoms with Crippen molar-refractivity contribution in [1.82, 2.24) is 4.90 Å². The number of alkyl halides is 4. The van der Waals surface area contributed by atoms with Gasteiger partial charge in [-0.15, -0.1) is 13.2 Å². The smallest absolute Gasteiger partial charge is 0.489 e. The third kappa shape index (κ3) is 7.13. The van der Waals surface area contributed by atoms with Gasteiger partial charge in [-0.1, -0.05) is 29.8 Å². The number of benzene rings is 3. The number of halogens is 6. The van der Waals surface area contributed by atoms with Crippen molar-refractivity contribution in [2.45, 2.75) is 44.6 Å². The molecule has 0 aromatic heterocycles. The van der Waals surface area contributed by atoms with Gasteiger partial charge in [-0.3, -0.25) is 14.2 Å². The second-order valence-corrected chi connectivity index (χ2v) is 10.6. The molecule has 5 rings (SSSR count). The summed E-state index contributed by atoms with van der Waals surface area (Å²) >= 11 is 6.54. The summed E-state index contributed by atoms with van der Waals surface area (Å²) < 4.78 is 74.1. The van der Waals surface area contributed by atoms with Crippen molar-refractivity contribution in [1.29, 1.82) is 0 Å². The van der Waals surface area contributed by atoms with Crippen molar-refractivity contribution in [3.63, 3.8) is 0 Å². The first-order chi connectivity index (χ1) is 19.7. The molecule has 3 aromatic carbocycles. The van der Waals surface area contributed by atoms with Crippen LogP contribution in [0.15, 0.2) is 60.7 Å². The maximum absolute atomic E-state index is 13.0. The third-order valence-corrected chi connectivity index (χ3v) is 7.70. The van der Waals surface area contributed by atoms with E-state index in [0.717, 1.165) is 53.4 Å². The minimum Gasteiger partial charge on any atom is -0.489 e. The highest BCUT2D eigenvalue weighted by Gasteiger charge is 2.31. The molecule has 41 heavy (non-hydrogen) atoms. The minimum absolute atomic E-state index is 0.0178. The molecule has 10 heteroatoms. The summed E-state index contributed by atoms with van der Waals surface area (Å²) in [5.41, 5.74) is 4.89. The van der Waals surface area contributed by atoms with E-state index in [1.54, 1.807) is 12.1 Å². The van der Waals surface area contributed by atoms with E-state index < -0.39 is 12.1 Å². The van der Waals surface area contributed by atoms with E-state index >= 15 is 0 Å². The summed E-state index contributed by atoms with van der Waals surface area (Å²) in [7, 11) is 0. The van der Waals surface area contributed by atoms with Gasteiger partial charge in [-0.05, 0) is 108 Å². The predicted molar refractivity (Wildman–Crippen MR) is 148 cm³/mol. The Morgan fingerprint density at radius 2 is 1.63 bits per heavy atom. The number of nitrogens with zero attached hydrogens (tertiary/aromatic N) is 1. The molecule has 0 radical (unpaired) electrons. The molecule has 4 nitrogen and oxygen atoms in total. The minimum atomic E-state index is -4.83. The van der Waals surface area contributed by atoms with Crippen LogP contribution in [-0.4, -0.2) is 43.7 Å². The highest BCUT2D eigenvalue weighted by atomic mass is 35.5. The van der Waals surface area contributed by atoms with Crippen LogP contribution in [0, 0.1) is 0 Å². The summed E-state index contributed by atoms with van der Waals surface area (Å²) in [6.45, 7) is 2.00. The summed E-state index contributed by atoms with van der Waals surface area (Å²) in [4.78, 5) is 6.17. The van der Waals surface area contributed by atoms with E-state index in [1.807, 2.05) is 24.3 Å². The number of likely N-dealkylation sites (tertiary alicyclic amines) is 1. The lowest BCUT2D eigenvalue weighted by atomic mass is 9.87. The van der Waals surface area contributed by atoms with E-state index in [2.05, 4.69) is 14.6 Å². The van der Waals surface area contributed by atoms with E-state index in [4.69, 9.17) is 16.3 Å². The van der Waals surface area contributed by atoms with Crippen LogP contribution in [0.25, 0.3) is 11.1 Å². The molecular formula is C31H29ClF5NO3. The van der Waals surface area contributed by atoms with Gasteiger partial charge < -0.3 is 9.47 Å². The topological polar surface area (TPSA) is 30.9 Å². The number of aryl methyl sites for hydroxylation is 1. The molecule has 1 fully saturated rings. The quantitative estimate of drug-likeness (QED) is 0.232. The first-order valence-corrected chi connectivity index (χ1v) is 13.9. The van der Waals surface area contributed by atoms with Gasteiger partial charge in [0, 0.05) is 24.2 Å². The van der Waals surface area contributed by atoms with Gasteiger partial charge in [0.15, 0.2) is 5.75 Å². The van der Waals surface area contributed by atoms with E-state index in [-0.39, 0.29) is 23.6 Å². The van der Waals surface area contributed by atoms with Crippen molar-refractivity contribution in [2.24, 2.45) is 0 Å². The number of allylic oxidation sites excluding steroid dienone is 1. The number of hydrogen-bond acceptors (Lipinski definition) is 4. The molecule has 0 saturated carbocycles. The first kappa shape index (κ1) is 29.2. The largest absolute Gasteiger partial charge is 0.573 e. The second-order valence-electron chi connectivity index (χ2n) is 10.2. The summed E-state index contributed by atoms with van der Waals surface area (Å²) in [5.74, 6) is 0.401. The van der Waals surface area contributed by atoms with Gasteiger partial charge in [0.1, 0.15) is 17.6 Å². The Morgan fingerprint density at radius 1 is 0.902 bits per heavy atom. The Hall–Kier alpha value is -3.30. The van der Waals surface area contributed by atoms with E-state index in [0.29, 0.717) is 43.5 Å². The lowest BCUT2D eigenvalue weighted by Gasteiger charge is -2.19. The number of ether oxygens (including phenoxy) is 2. The zero-order valence-corrected chi connectivity index (χ0v) is 22.9. The normalized spacial score (nSPS) is 17.8. The van der Waals surface area contributed by atoms with Crippen molar-refractivity contribution < 1.29 is 36.5 Å². The summed E-state index contributed by atoms with van der Waals surface area (Å²) in [5, 5.41) is 0.130. The number of hydrogen-bond donors (Lipinski definition) is 0. The highest BCUT2D eigenvalue weighted by Crippen LogP contribution is 2.43. The van der Waals surface area contributed by atoms with Crippen LogP contribution in [0.1, 0.15) is 47.9 Å². The van der Waals surface area contributed by atoms with Crippen LogP contribution in [0.3, 0.4) is 0 Å². The average Bonchev–Trinajstić information content (AvgIpc) is 3.30. The van der Waals surface area contributed by atoms with Crippen molar-refractivity contribution in [3.8, 4) is 17.2 Å². The molecule has 3 aromatic rings. The Morgan fingerprint density at radius 3 is 2.34 bits per heavy atom. The molecule has 0 N–H and O–H groups in total. The van der Waals surface area contributed by atoms with Gasteiger partial charge >= 0.3 is 6.36 Å². The Balaban J connectivity index is 1.50. The van der Waals surface area contributed by atoms with E-state index in [1.165, 1.54) is 18.2 Å². The van der Waals surface area contributed by atoms with Crippen molar-refractivity contribution in [2.75, 3.05) is 26.3 Å². The maximum Gasteiger partial charge on any atom is 0.573 e. The highest BCUT2D eigenvalue weighted by molar-refractivity contribution is 6.33. The fourth-order valence-corrected chi connectivity index (χ4v) is 5.91. The Kier molecular flexibility index (Phi) is 9.04. The number of rotatable bonds is 9. The molecule has 218 valence electrons. The molecule has 0 unspecified atom stereocenters. The molecule has 1 saturated heterocycles. The first-order valence-electron chi connectivity index (χ1n) is 13.5. The molecule has 0 spiro atoms. The monoisotopic (exact) mass is 593 g/mol. The summed E-state index contributed by atoms with van der Waals surface area (Å²) in [6, 6.07) is 16.6.